The van der Waals surface area contributed by atoms with Gasteiger partial charge >= 0.3 is 0 Å². The SMILES string of the molecule is CC(C)(Oc1ccc(Cl)cc1C(C)(C)O)C(=O)NC1CC2CCC23C(C1)N3c1ccc(C(=O)NCC(F)F)cn1. The van der Waals surface area contributed by atoms with E-state index in [4.69, 9.17) is 16.3 Å². The molecule has 1 spiro atoms. The third-order valence-electron chi connectivity index (χ3n) is 8.47. The van der Waals surface area contributed by atoms with Crippen molar-refractivity contribution in [1.29, 1.82) is 0 Å². The molecule has 2 heterocycles. The van der Waals surface area contributed by atoms with Crippen LogP contribution in [0.5, 0.6) is 5.75 Å². The molecule has 2 aliphatic carbocycles. The van der Waals surface area contributed by atoms with Crippen LogP contribution in [0, 0.1) is 5.92 Å². The Morgan fingerprint density at radius 3 is 2.58 bits per heavy atom. The lowest BCUT2D eigenvalue weighted by Crippen LogP contribution is -2.54. The standard InChI is InChI=1S/C29H35ClF2N4O4/c1-27(2,39)20-12-18(30)6-7-21(20)40-28(3,4)26(38)35-19-11-17-9-10-29(17)22(13-19)36(29)24-8-5-16(14-33-24)25(37)34-15-23(31)32/h5-8,12,14,17,19,22-23,39H,9-11,13,15H2,1-4H3,(H,34,37)(H,35,38). The maximum absolute atomic E-state index is 13.4. The lowest BCUT2D eigenvalue weighted by atomic mass is 9.63. The van der Waals surface area contributed by atoms with Crippen molar-refractivity contribution in [1.82, 2.24) is 15.6 Å². The summed E-state index contributed by atoms with van der Waals surface area (Å²) >= 11 is 6.14. The van der Waals surface area contributed by atoms with Gasteiger partial charge in [0.25, 0.3) is 18.2 Å². The molecule has 0 bridgehead atoms. The maximum atomic E-state index is 13.4. The molecular weight excluding hydrogens is 542 g/mol. The Balaban J connectivity index is 1.23. The van der Waals surface area contributed by atoms with Crippen molar-refractivity contribution in [2.75, 3.05) is 11.4 Å². The zero-order valence-corrected chi connectivity index (χ0v) is 23.8. The molecule has 11 heteroatoms. The minimum absolute atomic E-state index is 0.0324. The maximum Gasteiger partial charge on any atom is 0.263 e. The minimum atomic E-state index is -2.61. The van der Waals surface area contributed by atoms with Gasteiger partial charge in [-0.1, -0.05) is 11.6 Å². The van der Waals surface area contributed by atoms with Crippen molar-refractivity contribution in [2.45, 2.75) is 88.6 Å². The number of rotatable bonds is 9. The van der Waals surface area contributed by atoms with E-state index in [2.05, 4.69) is 20.5 Å². The lowest BCUT2D eigenvalue weighted by molar-refractivity contribution is -0.135. The number of hydrogen-bond donors (Lipinski definition) is 3. The van der Waals surface area contributed by atoms with Gasteiger partial charge in [0, 0.05) is 22.8 Å². The molecule has 216 valence electrons. The molecule has 1 aromatic heterocycles. The fourth-order valence-electron chi connectivity index (χ4n) is 6.33. The number of carbonyl (C=O) groups is 2. The average molecular weight is 577 g/mol. The molecule has 2 amide bonds. The number of aromatic nitrogens is 1. The quantitative estimate of drug-likeness (QED) is 0.382. The smallest absolute Gasteiger partial charge is 0.263 e. The van der Waals surface area contributed by atoms with Crippen molar-refractivity contribution in [3.8, 4) is 5.75 Å². The molecule has 2 aromatic rings. The molecule has 1 aromatic carbocycles. The van der Waals surface area contributed by atoms with Gasteiger partial charge in [-0.05, 0) is 89.6 Å². The van der Waals surface area contributed by atoms with Gasteiger partial charge < -0.3 is 25.4 Å². The molecule has 40 heavy (non-hydrogen) atoms. The first-order valence-corrected chi connectivity index (χ1v) is 13.9. The molecule has 1 saturated heterocycles. The van der Waals surface area contributed by atoms with Crippen LogP contribution in [0.3, 0.4) is 0 Å². The second-order valence-electron chi connectivity index (χ2n) is 12.1. The Labute approximate surface area is 237 Å². The highest BCUT2D eigenvalue weighted by Gasteiger charge is 2.73. The topological polar surface area (TPSA) is 104 Å². The number of amides is 2. The molecule has 4 unspecified atom stereocenters. The van der Waals surface area contributed by atoms with E-state index in [1.165, 1.54) is 6.20 Å². The van der Waals surface area contributed by atoms with Gasteiger partial charge in [-0.2, -0.15) is 0 Å². The summed E-state index contributed by atoms with van der Waals surface area (Å²) in [6, 6.07) is 8.51. The van der Waals surface area contributed by atoms with E-state index >= 15 is 0 Å². The summed E-state index contributed by atoms with van der Waals surface area (Å²) in [4.78, 5) is 32.2. The van der Waals surface area contributed by atoms with Crippen LogP contribution in [-0.2, 0) is 10.4 Å². The van der Waals surface area contributed by atoms with E-state index in [-0.39, 0.29) is 29.1 Å². The number of benzene rings is 1. The number of ether oxygens (including phenoxy) is 1. The van der Waals surface area contributed by atoms with E-state index in [0.717, 1.165) is 31.5 Å². The summed E-state index contributed by atoms with van der Waals surface area (Å²) in [5, 5.41) is 16.4. The predicted molar refractivity (Wildman–Crippen MR) is 147 cm³/mol. The third kappa shape index (κ3) is 5.23. The van der Waals surface area contributed by atoms with Crippen LogP contribution in [0.25, 0.3) is 0 Å². The highest BCUT2D eigenvalue weighted by molar-refractivity contribution is 6.30. The molecule has 2 saturated carbocycles. The monoisotopic (exact) mass is 576 g/mol. The van der Waals surface area contributed by atoms with Crippen molar-refractivity contribution in [3.05, 3.63) is 52.7 Å². The van der Waals surface area contributed by atoms with Crippen molar-refractivity contribution < 1.29 is 28.2 Å². The lowest BCUT2D eigenvalue weighted by Gasteiger charge is -2.43. The first kappa shape index (κ1) is 28.5. The molecule has 1 aliphatic heterocycles. The van der Waals surface area contributed by atoms with Crippen molar-refractivity contribution >= 4 is 29.2 Å². The van der Waals surface area contributed by atoms with Gasteiger partial charge in [-0.3, -0.25) is 9.59 Å². The van der Waals surface area contributed by atoms with Crippen LogP contribution in [0.4, 0.5) is 14.6 Å². The van der Waals surface area contributed by atoms with E-state index in [9.17, 15) is 23.5 Å². The highest BCUT2D eigenvalue weighted by atomic mass is 35.5. The molecule has 3 fully saturated rings. The van der Waals surface area contributed by atoms with E-state index in [1.807, 2.05) is 0 Å². The summed E-state index contributed by atoms with van der Waals surface area (Å²) < 4.78 is 31.0. The van der Waals surface area contributed by atoms with Gasteiger partial charge in [0.15, 0.2) is 5.60 Å². The fraction of sp³-hybridized carbons (Fsp3) is 0.552. The molecule has 3 N–H and O–H groups in total. The second-order valence-corrected chi connectivity index (χ2v) is 12.5. The predicted octanol–water partition coefficient (Wildman–Crippen LogP) is 4.43. The fourth-order valence-corrected chi connectivity index (χ4v) is 6.50. The Morgan fingerprint density at radius 2 is 1.98 bits per heavy atom. The first-order chi connectivity index (χ1) is 18.7. The number of nitrogens with zero attached hydrogens (tertiary/aromatic N) is 2. The number of nitrogens with one attached hydrogen (secondary N) is 2. The number of anilines is 1. The van der Waals surface area contributed by atoms with Crippen LogP contribution < -0.4 is 20.3 Å². The Bertz CT molecular complexity index is 1300. The van der Waals surface area contributed by atoms with Gasteiger partial charge in [0.05, 0.1) is 29.3 Å². The molecule has 8 nitrogen and oxygen atoms in total. The number of halogens is 3. The highest BCUT2D eigenvalue weighted by Crippen LogP contribution is 2.65. The molecule has 5 rings (SSSR count). The van der Waals surface area contributed by atoms with Crippen LogP contribution in [0.2, 0.25) is 5.02 Å². The largest absolute Gasteiger partial charge is 0.478 e. The summed E-state index contributed by atoms with van der Waals surface area (Å²) in [7, 11) is 0. The summed E-state index contributed by atoms with van der Waals surface area (Å²) in [6.07, 6.45) is 2.52. The van der Waals surface area contributed by atoms with Crippen molar-refractivity contribution in [2.24, 2.45) is 5.92 Å². The summed E-state index contributed by atoms with van der Waals surface area (Å²) in [5.41, 5.74) is -1.65. The van der Waals surface area contributed by atoms with Gasteiger partial charge in [-0.15, -0.1) is 0 Å². The molecule has 3 aliphatic rings. The minimum Gasteiger partial charge on any atom is -0.478 e. The molecular formula is C29H35ClF2N4O4. The summed E-state index contributed by atoms with van der Waals surface area (Å²) in [6.45, 7) is 5.98. The number of hydrogen-bond acceptors (Lipinski definition) is 6. The van der Waals surface area contributed by atoms with Gasteiger partial charge in [-0.25, -0.2) is 13.8 Å². The van der Waals surface area contributed by atoms with Crippen LogP contribution in [0.1, 0.15) is 69.3 Å². The molecule has 4 atom stereocenters. The zero-order valence-electron chi connectivity index (χ0n) is 23.0. The number of alkyl halides is 2. The number of pyridine rings is 1. The van der Waals surface area contributed by atoms with E-state index in [0.29, 0.717) is 22.3 Å². The van der Waals surface area contributed by atoms with Crippen LogP contribution in [-0.4, -0.2) is 58.1 Å². The normalized spacial score (nSPS) is 25.4. The van der Waals surface area contributed by atoms with Crippen molar-refractivity contribution in [3.63, 3.8) is 0 Å². The number of carbonyl (C=O) groups excluding carboxylic acids is 2. The Hall–Kier alpha value is -2.98. The van der Waals surface area contributed by atoms with Crippen LogP contribution in [0.15, 0.2) is 36.5 Å². The third-order valence-corrected chi connectivity index (χ3v) is 8.70. The second kappa shape index (κ2) is 10.1. The van der Waals surface area contributed by atoms with Crippen LogP contribution >= 0.6 is 11.6 Å². The van der Waals surface area contributed by atoms with Gasteiger partial charge in [0.2, 0.25) is 0 Å². The van der Waals surface area contributed by atoms with E-state index < -0.39 is 30.1 Å². The van der Waals surface area contributed by atoms with Gasteiger partial charge in [0.1, 0.15) is 11.6 Å². The summed E-state index contributed by atoms with van der Waals surface area (Å²) in [5.74, 6) is 0.727. The average Bonchev–Trinajstić information content (AvgIpc) is 3.56. The molecule has 0 radical (unpaired) electrons. The Morgan fingerprint density at radius 1 is 1.23 bits per heavy atom. The Kier molecular flexibility index (Phi) is 7.23. The first-order valence-electron chi connectivity index (χ1n) is 13.6. The zero-order chi connectivity index (χ0) is 29.0. The number of aliphatic hydroxyl groups is 1. The van der Waals surface area contributed by atoms with E-state index in [1.54, 1.807) is 58.0 Å².